The third-order valence-corrected chi connectivity index (χ3v) is 5.40. The molecule has 1 amide bonds. The number of benzene rings is 2. The lowest BCUT2D eigenvalue weighted by molar-refractivity contribution is -0.140. The molecular weight excluding hydrogens is 549 g/mol. The number of amides is 1. The van der Waals surface area contributed by atoms with Crippen molar-refractivity contribution in [1.82, 2.24) is 5.32 Å². The fraction of sp³-hybridized carbons (Fsp3) is 0.179. The van der Waals surface area contributed by atoms with E-state index < -0.39 is 63.4 Å². The van der Waals surface area contributed by atoms with Crippen molar-refractivity contribution in [2.75, 3.05) is 24.6 Å². The van der Waals surface area contributed by atoms with Crippen LogP contribution in [0, 0.1) is 63.1 Å². The van der Waals surface area contributed by atoms with E-state index in [0.717, 1.165) is 11.8 Å². The quantitative estimate of drug-likeness (QED) is 0.107. The molecule has 0 saturated carbocycles. The van der Waals surface area contributed by atoms with Crippen LogP contribution in [0.1, 0.15) is 29.8 Å². The average molecular weight is 569 g/mol. The molecule has 0 aliphatic heterocycles. The number of nitrogens with one attached hydrogen (secondary N) is 1. The van der Waals surface area contributed by atoms with Gasteiger partial charge in [-0.3, -0.25) is 9.59 Å². The van der Waals surface area contributed by atoms with Crippen LogP contribution < -0.4 is 10.2 Å². The number of likely N-dealkylation sites (N-methyl/N-ethyl adjacent to an activating group) is 1. The minimum Gasteiger partial charge on any atom is -0.464 e. The highest BCUT2D eigenvalue weighted by Crippen LogP contribution is 2.24. The predicted octanol–water partition coefficient (Wildman–Crippen LogP) is 4.97. The number of hydrogen-bond donors (Lipinski definition) is 1. The first-order valence-corrected chi connectivity index (χ1v) is 11.6. The highest BCUT2D eigenvalue weighted by Gasteiger charge is 2.30. The van der Waals surface area contributed by atoms with Crippen molar-refractivity contribution in [2.45, 2.75) is 13.8 Å². The molecule has 13 heteroatoms. The molecule has 0 aliphatic carbocycles. The number of hydrogen-bond acceptors (Lipinski definition) is 7. The molecule has 0 saturated heterocycles. The Labute approximate surface area is 231 Å². The highest BCUT2D eigenvalue weighted by atomic mass is 19.2. The van der Waals surface area contributed by atoms with Crippen molar-refractivity contribution in [3.8, 4) is 18.2 Å². The summed E-state index contributed by atoms with van der Waals surface area (Å²) in [5.41, 5.74) is -2.61. The zero-order chi connectivity index (χ0) is 30.7. The van der Waals surface area contributed by atoms with Crippen molar-refractivity contribution < 1.29 is 36.3 Å². The molecule has 0 heterocycles. The van der Waals surface area contributed by atoms with Gasteiger partial charge in [0.25, 0.3) is 5.91 Å². The van der Waals surface area contributed by atoms with Crippen molar-refractivity contribution in [3.63, 3.8) is 0 Å². The van der Waals surface area contributed by atoms with Crippen LogP contribution in [-0.2, 0) is 9.53 Å². The number of ether oxygens (including phenoxy) is 1. The summed E-state index contributed by atoms with van der Waals surface area (Å²) in [4.78, 5) is 25.4. The van der Waals surface area contributed by atoms with Crippen molar-refractivity contribution in [1.29, 1.82) is 15.8 Å². The van der Waals surface area contributed by atoms with Crippen LogP contribution in [0.3, 0.4) is 0 Å². The van der Waals surface area contributed by atoms with Crippen molar-refractivity contribution >= 4 is 23.6 Å². The summed E-state index contributed by atoms with van der Waals surface area (Å²) in [6.07, 6.45) is 3.88. The highest BCUT2D eigenvalue weighted by molar-refractivity contribution is 5.97. The molecule has 210 valence electrons. The first-order chi connectivity index (χ1) is 19.5. The number of anilines is 1. The maximum atomic E-state index is 14.1. The van der Waals surface area contributed by atoms with Gasteiger partial charge in [-0.1, -0.05) is 24.3 Å². The molecule has 2 aromatic carbocycles. The Hall–Kier alpha value is -5.48. The van der Waals surface area contributed by atoms with Gasteiger partial charge in [-0.25, -0.2) is 22.0 Å². The number of allylic oxidation sites excluding steroid dienone is 4. The molecule has 2 rings (SSSR count). The van der Waals surface area contributed by atoms with Crippen LogP contribution in [0.5, 0.6) is 0 Å². The zero-order valence-electron chi connectivity index (χ0n) is 21.6. The summed E-state index contributed by atoms with van der Waals surface area (Å²) < 4.78 is 73.6. The van der Waals surface area contributed by atoms with E-state index in [1.54, 1.807) is 35.7 Å². The molecule has 41 heavy (non-hydrogen) atoms. The Kier molecular flexibility index (Phi) is 11.3. The molecule has 1 N–H and O–H groups in total. The summed E-state index contributed by atoms with van der Waals surface area (Å²) in [7, 11) is 0. The van der Waals surface area contributed by atoms with E-state index in [-0.39, 0.29) is 6.61 Å². The molecule has 2 aromatic rings. The zero-order valence-corrected chi connectivity index (χ0v) is 21.6. The second kappa shape index (κ2) is 14.6. The van der Waals surface area contributed by atoms with Gasteiger partial charge in [0, 0.05) is 19.2 Å². The number of nitrogens with zero attached hydrogens (tertiary/aromatic N) is 4. The van der Waals surface area contributed by atoms with E-state index in [1.165, 1.54) is 31.2 Å². The van der Waals surface area contributed by atoms with Gasteiger partial charge in [0.05, 0.1) is 17.8 Å². The topological polar surface area (TPSA) is 130 Å². The van der Waals surface area contributed by atoms with Gasteiger partial charge in [0.1, 0.15) is 30.4 Å². The third kappa shape index (κ3) is 7.78. The van der Waals surface area contributed by atoms with Gasteiger partial charge in [0.2, 0.25) is 5.82 Å². The Morgan fingerprint density at radius 3 is 1.98 bits per heavy atom. The maximum Gasteiger partial charge on any atom is 0.302 e. The number of nitriles is 3. The molecular formula is C28H20F5N5O3. The van der Waals surface area contributed by atoms with Gasteiger partial charge in [-0.15, -0.1) is 0 Å². The van der Waals surface area contributed by atoms with Crippen molar-refractivity contribution in [3.05, 3.63) is 93.5 Å². The van der Waals surface area contributed by atoms with Crippen LogP contribution in [0.15, 0.2) is 53.3 Å². The van der Waals surface area contributed by atoms with Crippen LogP contribution in [0.25, 0.3) is 6.08 Å². The lowest BCUT2D eigenvalue weighted by atomic mass is 10.1. The summed E-state index contributed by atoms with van der Waals surface area (Å²) >= 11 is 0. The Bertz CT molecular complexity index is 1520. The minimum absolute atomic E-state index is 0.205. The van der Waals surface area contributed by atoms with E-state index in [9.17, 15) is 47.3 Å². The monoisotopic (exact) mass is 569 g/mol. The molecule has 0 spiro atoms. The molecule has 0 aliphatic rings. The standard InChI is InChI=1S/C28H20F5N5O3/c1-3-38(11-12-41-16(2)39)20-9-7-17(8-10-20)5-4-6-18(13-34)27(19(14-35)15-36)37-28(40)21-22(29)24(31)26(33)25(32)23(21)30/h4-10H,3,11-12H2,1-2H3,(H,37,40)/b5-4+,18-6+. The summed E-state index contributed by atoms with van der Waals surface area (Å²) in [6, 6.07) is 11.4. The van der Waals surface area contributed by atoms with Gasteiger partial charge in [-0.05, 0) is 30.7 Å². The minimum atomic E-state index is -2.48. The summed E-state index contributed by atoms with van der Waals surface area (Å²) in [6.45, 7) is 4.53. The molecule has 0 radical (unpaired) electrons. The number of esters is 1. The van der Waals surface area contributed by atoms with E-state index in [2.05, 4.69) is 0 Å². The average Bonchev–Trinajstić information content (AvgIpc) is 2.96. The van der Waals surface area contributed by atoms with E-state index in [0.29, 0.717) is 18.7 Å². The fourth-order valence-electron chi connectivity index (χ4n) is 3.38. The molecule has 0 unspecified atom stereocenters. The largest absolute Gasteiger partial charge is 0.464 e. The molecule has 8 nitrogen and oxygen atoms in total. The SMILES string of the molecule is CCN(CCOC(C)=O)c1ccc(/C=C/C=C(\C#N)C(NC(=O)c2c(F)c(F)c(F)c(F)c2F)=C(C#N)C#N)cc1. The van der Waals surface area contributed by atoms with E-state index in [4.69, 9.17) is 4.74 Å². The first kappa shape index (κ1) is 31.7. The molecule has 0 fully saturated rings. The van der Waals surface area contributed by atoms with Crippen LogP contribution in [0.2, 0.25) is 0 Å². The number of halogens is 5. The smallest absolute Gasteiger partial charge is 0.302 e. The van der Waals surface area contributed by atoms with Crippen LogP contribution >= 0.6 is 0 Å². The Morgan fingerprint density at radius 2 is 1.49 bits per heavy atom. The van der Waals surface area contributed by atoms with Crippen LogP contribution in [-0.4, -0.2) is 31.6 Å². The Balaban J connectivity index is 2.36. The number of rotatable bonds is 10. The Morgan fingerprint density at radius 1 is 0.927 bits per heavy atom. The van der Waals surface area contributed by atoms with E-state index in [1.807, 2.05) is 11.8 Å². The molecule has 0 aromatic heterocycles. The normalized spacial score (nSPS) is 10.8. The van der Waals surface area contributed by atoms with E-state index >= 15 is 0 Å². The predicted molar refractivity (Wildman–Crippen MR) is 136 cm³/mol. The third-order valence-electron chi connectivity index (χ3n) is 5.40. The second-order valence-electron chi connectivity index (χ2n) is 7.94. The lowest BCUT2D eigenvalue weighted by Gasteiger charge is -2.22. The lowest BCUT2D eigenvalue weighted by Crippen LogP contribution is -2.28. The maximum absolute atomic E-state index is 14.1. The molecule has 0 bridgehead atoms. The number of carbonyl (C=O) groups is 2. The van der Waals surface area contributed by atoms with Gasteiger partial charge in [-0.2, -0.15) is 15.8 Å². The van der Waals surface area contributed by atoms with Gasteiger partial charge >= 0.3 is 5.97 Å². The second-order valence-corrected chi connectivity index (χ2v) is 7.94. The summed E-state index contributed by atoms with van der Waals surface area (Å²) in [5.74, 6) is -14.4. The van der Waals surface area contributed by atoms with Gasteiger partial charge in [0.15, 0.2) is 28.8 Å². The molecule has 0 atom stereocenters. The van der Waals surface area contributed by atoms with Crippen LogP contribution in [0.4, 0.5) is 27.6 Å². The van der Waals surface area contributed by atoms with Gasteiger partial charge < -0.3 is 15.0 Å². The number of carbonyl (C=O) groups excluding carboxylic acids is 2. The fourth-order valence-corrected chi connectivity index (χ4v) is 3.38. The summed E-state index contributed by atoms with van der Waals surface area (Å²) in [5, 5.41) is 29.8. The van der Waals surface area contributed by atoms with Crippen molar-refractivity contribution in [2.24, 2.45) is 0 Å². The first-order valence-electron chi connectivity index (χ1n) is 11.6.